The van der Waals surface area contributed by atoms with Gasteiger partial charge in [-0.05, 0) is 35.0 Å². The lowest BCUT2D eigenvalue weighted by molar-refractivity contribution is 0.101. The second-order valence-corrected chi connectivity index (χ2v) is 5.98. The molecule has 0 fully saturated rings. The largest absolute Gasteiger partial charge is 0.295 e. The van der Waals surface area contributed by atoms with Gasteiger partial charge in [-0.15, -0.1) is 10.2 Å². The van der Waals surface area contributed by atoms with E-state index in [1.165, 1.54) is 23.1 Å². The molecule has 0 aliphatic carbocycles. The maximum Gasteiger partial charge on any atom is 0.178 e. The molecule has 0 saturated heterocycles. The smallest absolute Gasteiger partial charge is 0.178 e. The Morgan fingerprint density at radius 2 is 2.31 bits per heavy atom. The second-order valence-electron chi connectivity index (χ2n) is 3.01. The Morgan fingerprint density at radius 3 is 2.88 bits per heavy atom. The molecule has 82 valence electrons. The number of carbonyl (C=O) groups excluding carboxylic acids is 1. The van der Waals surface area contributed by atoms with E-state index >= 15 is 0 Å². The summed E-state index contributed by atoms with van der Waals surface area (Å²) in [5, 5.41) is 7.73. The Morgan fingerprint density at radius 1 is 1.50 bits per heavy atom. The van der Waals surface area contributed by atoms with E-state index in [2.05, 4.69) is 26.1 Å². The van der Waals surface area contributed by atoms with E-state index < -0.39 is 0 Å². The van der Waals surface area contributed by atoms with Crippen LogP contribution in [0.1, 0.15) is 17.3 Å². The molecule has 0 radical (unpaired) electrons. The van der Waals surface area contributed by atoms with Crippen molar-refractivity contribution in [3.8, 4) is 0 Å². The van der Waals surface area contributed by atoms with Gasteiger partial charge in [-0.2, -0.15) is 0 Å². The average Bonchev–Trinajstić information content (AvgIpc) is 2.73. The Kier molecular flexibility index (Phi) is 3.73. The number of carbonyl (C=O) groups is 1. The third-order valence-electron chi connectivity index (χ3n) is 1.88. The number of ketones is 1. The van der Waals surface area contributed by atoms with Crippen LogP contribution in [0.4, 0.5) is 0 Å². The van der Waals surface area contributed by atoms with Crippen LogP contribution in [0.5, 0.6) is 0 Å². The van der Waals surface area contributed by atoms with E-state index in [-0.39, 0.29) is 5.78 Å². The highest BCUT2D eigenvalue weighted by molar-refractivity contribution is 9.10. The number of Topliss-reactive ketones (excluding diaryl/α,β-unsaturated/α-hetero) is 1. The van der Waals surface area contributed by atoms with Crippen molar-refractivity contribution in [2.75, 3.05) is 0 Å². The molecule has 3 nitrogen and oxygen atoms in total. The molecule has 2 rings (SSSR count). The minimum absolute atomic E-state index is 0.0631. The van der Waals surface area contributed by atoms with Gasteiger partial charge in [0.1, 0.15) is 5.51 Å². The highest BCUT2D eigenvalue weighted by Gasteiger charge is 2.07. The molecule has 0 N–H and O–H groups in total. The van der Waals surface area contributed by atoms with Crippen LogP contribution in [0, 0.1) is 0 Å². The Bertz CT molecular complexity index is 514. The van der Waals surface area contributed by atoms with Crippen LogP contribution in [0.2, 0.25) is 0 Å². The number of rotatable bonds is 3. The van der Waals surface area contributed by atoms with E-state index in [1.54, 1.807) is 12.4 Å². The Balaban J connectivity index is 2.26. The summed E-state index contributed by atoms with van der Waals surface area (Å²) in [6.07, 6.45) is 0. The SMILES string of the molecule is CC(=O)c1ccc(Sc2nncs2)c(Br)c1. The molecule has 0 aliphatic heterocycles. The van der Waals surface area contributed by atoms with Crippen molar-refractivity contribution in [2.45, 2.75) is 16.2 Å². The lowest BCUT2D eigenvalue weighted by Gasteiger charge is -2.03. The molecule has 0 amide bonds. The molecule has 6 heteroatoms. The number of benzene rings is 1. The topological polar surface area (TPSA) is 42.9 Å². The van der Waals surface area contributed by atoms with Crippen molar-refractivity contribution < 1.29 is 4.79 Å². The number of hydrogen-bond donors (Lipinski definition) is 0. The van der Waals surface area contributed by atoms with Gasteiger partial charge in [-0.3, -0.25) is 4.79 Å². The summed E-state index contributed by atoms with van der Waals surface area (Å²) in [6.45, 7) is 1.55. The summed E-state index contributed by atoms with van der Waals surface area (Å²) in [6, 6.07) is 5.55. The summed E-state index contributed by atoms with van der Waals surface area (Å²) in [5.74, 6) is 0.0631. The van der Waals surface area contributed by atoms with Crippen molar-refractivity contribution in [3.05, 3.63) is 33.7 Å². The van der Waals surface area contributed by atoms with E-state index in [4.69, 9.17) is 0 Å². The molecule has 0 atom stereocenters. The van der Waals surface area contributed by atoms with Crippen LogP contribution >= 0.6 is 39.0 Å². The third-order valence-corrected chi connectivity index (χ3v) is 4.65. The molecule has 2 aromatic rings. The lowest BCUT2D eigenvalue weighted by Crippen LogP contribution is -1.91. The minimum atomic E-state index is 0.0631. The monoisotopic (exact) mass is 314 g/mol. The molecule has 0 bridgehead atoms. The second kappa shape index (κ2) is 5.07. The Hall–Kier alpha value is -0.720. The van der Waals surface area contributed by atoms with Gasteiger partial charge in [0.15, 0.2) is 10.1 Å². The normalized spacial score (nSPS) is 10.4. The summed E-state index contributed by atoms with van der Waals surface area (Å²) >= 11 is 6.46. The average molecular weight is 315 g/mol. The van der Waals surface area contributed by atoms with Crippen molar-refractivity contribution in [1.82, 2.24) is 10.2 Å². The zero-order valence-corrected chi connectivity index (χ0v) is 11.5. The van der Waals surface area contributed by atoms with Crippen LogP contribution in [-0.4, -0.2) is 16.0 Å². The molecular formula is C10H7BrN2OS2. The number of nitrogens with zero attached hydrogens (tertiary/aromatic N) is 2. The van der Waals surface area contributed by atoms with Crippen molar-refractivity contribution in [2.24, 2.45) is 0 Å². The molecule has 0 saturated carbocycles. The zero-order chi connectivity index (χ0) is 11.5. The van der Waals surface area contributed by atoms with Gasteiger partial charge in [0.25, 0.3) is 0 Å². The van der Waals surface area contributed by atoms with E-state index in [0.29, 0.717) is 5.56 Å². The van der Waals surface area contributed by atoms with E-state index in [0.717, 1.165) is 13.7 Å². The molecule has 16 heavy (non-hydrogen) atoms. The molecule has 0 aliphatic rings. The third kappa shape index (κ3) is 2.69. The first-order chi connectivity index (χ1) is 7.66. The van der Waals surface area contributed by atoms with Crippen molar-refractivity contribution in [3.63, 3.8) is 0 Å². The summed E-state index contributed by atoms with van der Waals surface area (Å²) in [5.41, 5.74) is 2.40. The molecule has 1 aromatic carbocycles. The van der Waals surface area contributed by atoms with Crippen LogP contribution < -0.4 is 0 Å². The van der Waals surface area contributed by atoms with Gasteiger partial charge < -0.3 is 0 Å². The van der Waals surface area contributed by atoms with Gasteiger partial charge in [-0.1, -0.05) is 29.2 Å². The summed E-state index contributed by atoms with van der Waals surface area (Å²) < 4.78 is 1.79. The van der Waals surface area contributed by atoms with Gasteiger partial charge >= 0.3 is 0 Å². The molecule has 0 spiro atoms. The zero-order valence-electron chi connectivity index (χ0n) is 8.31. The number of halogens is 1. The molecule has 0 unspecified atom stereocenters. The quantitative estimate of drug-likeness (QED) is 0.811. The van der Waals surface area contributed by atoms with Crippen LogP contribution in [0.15, 0.2) is 37.4 Å². The maximum absolute atomic E-state index is 11.2. The van der Waals surface area contributed by atoms with E-state index in [9.17, 15) is 4.79 Å². The molecule has 1 aromatic heterocycles. The fraction of sp³-hybridized carbons (Fsp3) is 0.100. The van der Waals surface area contributed by atoms with Crippen molar-refractivity contribution in [1.29, 1.82) is 0 Å². The lowest BCUT2D eigenvalue weighted by atomic mass is 10.2. The predicted molar refractivity (Wildman–Crippen MR) is 68.2 cm³/mol. The first kappa shape index (κ1) is 11.8. The van der Waals surface area contributed by atoms with Gasteiger partial charge in [-0.25, -0.2) is 0 Å². The van der Waals surface area contributed by atoms with Crippen LogP contribution in [0.25, 0.3) is 0 Å². The standard InChI is InChI=1S/C10H7BrN2OS2/c1-6(14)7-2-3-9(8(11)4-7)16-10-13-12-5-15-10/h2-5H,1H3. The highest BCUT2D eigenvalue weighted by atomic mass is 79.9. The maximum atomic E-state index is 11.2. The van der Waals surface area contributed by atoms with Crippen LogP contribution in [-0.2, 0) is 0 Å². The van der Waals surface area contributed by atoms with Gasteiger partial charge in [0, 0.05) is 14.9 Å². The van der Waals surface area contributed by atoms with Gasteiger partial charge in [0.2, 0.25) is 0 Å². The van der Waals surface area contributed by atoms with Gasteiger partial charge in [0.05, 0.1) is 0 Å². The fourth-order valence-electron chi connectivity index (χ4n) is 1.10. The highest BCUT2D eigenvalue weighted by Crippen LogP contribution is 2.34. The molecule has 1 heterocycles. The van der Waals surface area contributed by atoms with Crippen LogP contribution in [0.3, 0.4) is 0 Å². The predicted octanol–water partition coefficient (Wildman–Crippen LogP) is 3.65. The fourth-order valence-corrected chi connectivity index (χ4v) is 3.16. The van der Waals surface area contributed by atoms with Crippen molar-refractivity contribution >= 4 is 44.8 Å². The first-order valence-corrected chi connectivity index (χ1v) is 6.90. The Labute approximate surface area is 109 Å². The number of hydrogen-bond acceptors (Lipinski definition) is 5. The summed E-state index contributed by atoms with van der Waals surface area (Å²) in [7, 11) is 0. The number of aromatic nitrogens is 2. The minimum Gasteiger partial charge on any atom is -0.295 e. The summed E-state index contributed by atoms with van der Waals surface area (Å²) in [4.78, 5) is 12.2. The molecular weight excluding hydrogens is 308 g/mol. The van der Waals surface area contributed by atoms with E-state index in [1.807, 2.05) is 18.2 Å². The first-order valence-electron chi connectivity index (χ1n) is 4.41.